The van der Waals surface area contributed by atoms with E-state index in [-0.39, 0.29) is 0 Å². The summed E-state index contributed by atoms with van der Waals surface area (Å²) in [6.07, 6.45) is 3.80. The molecule has 0 spiro atoms. The number of nitrogens with zero attached hydrogens (tertiary/aromatic N) is 1. The van der Waals surface area contributed by atoms with Gasteiger partial charge in [-0.25, -0.2) is 0 Å². The third kappa shape index (κ3) is 3.72. The fourth-order valence-corrected chi connectivity index (χ4v) is 2.99. The van der Waals surface area contributed by atoms with Crippen molar-refractivity contribution in [1.29, 1.82) is 5.26 Å². The Kier molecular flexibility index (Phi) is 4.85. The maximum absolute atomic E-state index is 8.82. The van der Waals surface area contributed by atoms with Gasteiger partial charge in [0.1, 0.15) is 0 Å². The van der Waals surface area contributed by atoms with E-state index in [4.69, 9.17) is 16.9 Å². The molecule has 0 aromatic heterocycles. The van der Waals surface area contributed by atoms with Crippen LogP contribution in [0, 0.1) is 23.2 Å². The average Bonchev–Trinajstić information content (AvgIpc) is 2.41. The standard InChI is InChI=1S/C16H21ClN2/c1-11-3-6-15(7-12(11)2)19-10-14-5-4-13(9-18)8-16(14)17/h4-5,8,11-12,15,19H,3,6-7,10H2,1-2H3. The number of nitrogens with one attached hydrogen (secondary N) is 1. The number of benzene rings is 1. The van der Waals surface area contributed by atoms with Crippen LogP contribution in [0.15, 0.2) is 18.2 Å². The van der Waals surface area contributed by atoms with Crippen molar-refractivity contribution >= 4 is 11.6 Å². The molecule has 3 heteroatoms. The molecular formula is C16H21ClN2. The molecule has 2 nitrogen and oxygen atoms in total. The highest BCUT2D eigenvalue weighted by Gasteiger charge is 2.24. The van der Waals surface area contributed by atoms with Crippen LogP contribution in [0.3, 0.4) is 0 Å². The van der Waals surface area contributed by atoms with Crippen molar-refractivity contribution in [2.45, 2.75) is 45.7 Å². The Labute approximate surface area is 120 Å². The van der Waals surface area contributed by atoms with Gasteiger partial charge in [-0.2, -0.15) is 5.26 Å². The van der Waals surface area contributed by atoms with Gasteiger partial charge < -0.3 is 5.32 Å². The molecule has 1 N–H and O–H groups in total. The fraction of sp³-hybridized carbons (Fsp3) is 0.562. The van der Waals surface area contributed by atoms with E-state index in [2.05, 4.69) is 25.2 Å². The first-order chi connectivity index (χ1) is 9.10. The molecule has 0 aliphatic heterocycles. The first kappa shape index (κ1) is 14.4. The maximum Gasteiger partial charge on any atom is 0.0992 e. The summed E-state index contributed by atoms with van der Waals surface area (Å²) in [5, 5.41) is 13.1. The summed E-state index contributed by atoms with van der Waals surface area (Å²) in [4.78, 5) is 0. The highest BCUT2D eigenvalue weighted by molar-refractivity contribution is 6.31. The Morgan fingerprint density at radius 2 is 2.11 bits per heavy atom. The lowest BCUT2D eigenvalue weighted by Crippen LogP contribution is -2.35. The van der Waals surface area contributed by atoms with Crippen molar-refractivity contribution < 1.29 is 0 Å². The van der Waals surface area contributed by atoms with Crippen LogP contribution in [0.25, 0.3) is 0 Å². The third-order valence-corrected chi connectivity index (χ3v) is 4.71. The number of halogens is 1. The van der Waals surface area contributed by atoms with Gasteiger partial charge in [-0.3, -0.25) is 0 Å². The van der Waals surface area contributed by atoms with Crippen molar-refractivity contribution in [1.82, 2.24) is 5.32 Å². The lowest BCUT2D eigenvalue weighted by molar-refractivity contribution is 0.225. The molecular weight excluding hydrogens is 256 g/mol. The molecule has 0 amide bonds. The van der Waals surface area contributed by atoms with Crippen molar-refractivity contribution in [2.24, 2.45) is 11.8 Å². The van der Waals surface area contributed by atoms with Crippen LogP contribution in [-0.4, -0.2) is 6.04 Å². The molecule has 19 heavy (non-hydrogen) atoms. The predicted molar refractivity (Wildman–Crippen MR) is 79.0 cm³/mol. The smallest absolute Gasteiger partial charge is 0.0992 e. The summed E-state index contributed by atoms with van der Waals surface area (Å²) < 4.78 is 0. The Balaban J connectivity index is 1.91. The molecule has 0 radical (unpaired) electrons. The summed E-state index contributed by atoms with van der Waals surface area (Å²) in [6, 6.07) is 8.22. The first-order valence-corrected chi connectivity index (χ1v) is 7.40. The molecule has 102 valence electrons. The van der Waals surface area contributed by atoms with E-state index < -0.39 is 0 Å². The summed E-state index contributed by atoms with van der Waals surface area (Å²) in [6.45, 7) is 5.47. The molecule has 0 saturated heterocycles. The second kappa shape index (κ2) is 6.41. The minimum Gasteiger partial charge on any atom is -0.310 e. The largest absolute Gasteiger partial charge is 0.310 e. The van der Waals surface area contributed by atoms with Gasteiger partial charge in [0.15, 0.2) is 0 Å². The monoisotopic (exact) mass is 276 g/mol. The second-order valence-electron chi connectivity index (χ2n) is 5.76. The molecule has 3 unspecified atom stereocenters. The Morgan fingerprint density at radius 1 is 1.32 bits per heavy atom. The van der Waals surface area contributed by atoms with Gasteiger partial charge in [0.25, 0.3) is 0 Å². The number of hydrogen-bond donors (Lipinski definition) is 1. The summed E-state index contributed by atoms with van der Waals surface area (Å²) >= 11 is 6.19. The highest BCUT2D eigenvalue weighted by atomic mass is 35.5. The Hall–Kier alpha value is -1.04. The van der Waals surface area contributed by atoms with Crippen molar-refractivity contribution in [3.8, 4) is 6.07 Å². The highest BCUT2D eigenvalue weighted by Crippen LogP contribution is 2.29. The molecule has 0 bridgehead atoms. The number of nitriles is 1. The lowest BCUT2D eigenvalue weighted by atomic mass is 9.79. The first-order valence-electron chi connectivity index (χ1n) is 7.02. The van der Waals surface area contributed by atoms with E-state index in [9.17, 15) is 0 Å². The van der Waals surface area contributed by atoms with Crippen LogP contribution < -0.4 is 5.32 Å². The predicted octanol–water partition coefficient (Wildman–Crippen LogP) is 4.13. The third-order valence-electron chi connectivity index (χ3n) is 4.36. The van der Waals surface area contributed by atoms with Crippen LogP contribution in [0.5, 0.6) is 0 Å². The van der Waals surface area contributed by atoms with Gasteiger partial charge in [0.05, 0.1) is 11.6 Å². The number of rotatable bonds is 3. The van der Waals surface area contributed by atoms with Crippen LogP contribution in [0.2, 0.25) is 5.02 Å². The summed E-state index contributed by atoms with van der Waals surface area (Å²) in [5.74, 6) is 1.64. The zero-order valence-corrected chi connectivity index (χ0v) is 12.4. The van der Waals surface area contributed by atoms with Gasteiger partial charge >= 0.3 is 0 Å². The normalized spacial score (nSPS) is 26.9. The van der Waals surface area contributed by atoms with E-state index in [0.717, 1.165) is 23.9 Å². The van der Waals surface area contributed by atoms with E-state index in [0.29, 0.717) is 16.6 Å². The maximum atomic E-state index is 8.82. The summed E-state index contributed by atoms with van der Waals surface area (Å²) in [7, 11) is 0. The molecule has 0 heterocycles. The summed E-state index contributed by atoms with van der Waals surface area (Å²) in [5.41, 5.74) is 1.70. The molecule has 1 saturated carbocycles. The zero-order valence-electron chi connectivity index (χ0n) is 11.6. The lowest BCUT2D eigenvalue weighted by Gasteiger charge is -2.32. The fourth-order valence-electron chi connectivity index (χ4n) is 2.75. The van der Waals surface area contributed by atoms with Gasteiger partial charge in [-0.05, 0) is 48.8 Å². The minimum absolute atomic E-state index is 0.595. The molecule has 1 aliphatic carbocycles. The molecule has 3 atom stereocenters. The van der Waals surface area contributed by atoms with E-state index in [1.807, 2.05) is 12.1 Å². The Bertz CT molecular complexity index is 478. The Morgan fingerprint density at radius 3 is 2.74 bits per heavy atom. The quantitative estimate of drug-likeness (QED) is 0.901. The SMILES string of the molecule is CC1CCC(NCc2ccc(C#N)cc2Cl)CC1C. The molecule has 1 aliphatic rings. The van der Waals surface area contributed by atoms with Gasteiger partial charge in [0.2, 0.25) is 0 Å². The minimum atomic E-state index is 0.595. The topological polar surface area (TPSA) is 35.8 Å². The number of hydrogen-bond acceptors (Lipinski definition) is 2. The van der Waals surface area contributed by atoms with E-state index in [1.54, 1.807) is 6.07 Å². The molecule has 2 rings (SSSR count). The van der Waals surface area contributed by atoms with Crippen molar-refractivity contribution in [2.75, 3.05) is 0 Å². The van der Waals surface area contributed by atoms with Crippen molar-refractivity contribution in [3.63, 3.8) is 0 Å². The molecule has 1 aromatic carbocycles. The van der Waals surface area contributed by atoms with Crippen molar-refractivity contribution in [3.05, 3.63) is 34.3 Å². The average molecular weight is 277 g/mol. The van der Waals surface area contributed by atoms with E-state index >= 15 is 0 Å². The van der Waals surface area contributed by atoms with Crippen LogP contribution in [-0.2, 0) is 6.54 Å². The van der Waals surface area contributed by atoms with Crippen LogP contribution in [0.1, 0.15) is 44.2 Å². The second-order valence-corrected chi connectivity index (χ2v) is 6.17. The molecule has 1 fully saturated rings. The van der Waals surface area contributed by atoms with Gasteiger partial charge in [-0.1, -0.05) is 31.5 Å². The van der Waals surface area contributed by atoms with Gasteiger partial charge in [-0.15, -0.1) is 0 Å². The van der Waals surface area contributed by atoms with Gasteiger partial charge in [0, 0.05) is 17.6 Å². The van der Waals surface area contributed by atoms with Crippen LogP contribution >= 0.6 is 11.6 Å². The van der Waals surface area contributed by atoms with E-state index in [1.165, 1.54) is 19.3 Å². The zero-order chi connectivity index (χ0) is 13.8. The molecule has 1 aromatic rings. The van der Waals surface area contributed by atoms with Crippen LogP contribution in [0.4, 0.5) is 0 Å².